The van der Waals surface area contributed by atoms with Crippen LogP contribution in [0.15, 0.2) is 6.20 Å². The molecule has 2 rings (SSSR count). The van der Waals surface area contributed by atoms with Crippen molar-refractivity contribution in [3.63, 3.8) is 0 Å². The maximum Gasteiger partial charge on any atom is 0.197 e. The molecule has 1 aromatic heterocycles. The Kier molecular flexibility index (Phi) is 2.02. The third-order valence-electron chi connectivity index (χ3n) is 2.66. The molecule has 0 unspecified atom stereocenters. The molecule has 0 aromatic carbocycles. The van der Waals surface area contributed by atoms with Gasteiger partial charge in [-0.15, -0.1) is 0 Å². The molecule has 12 heavy (non-hydrogen) atoms. The molecule has 1 aromatic rings. The smallest absolute Gasteiger partial charge is 0.197 e. The van der Waals surface area contributed by atoms with E-state index in [4.69, 9.17) is 5.73 Å². The summed E-state index contributed by atoms with van der Waals surface area (Å²) >= 11 is 0. The molecule has 0 spiro atoms. The van der Waals surface area contributed by atoms with Crippen molar-refractivity contribution in [1.82, 2.24) is 9.97 Å². The number of aromatic amines is 1. The van der Waals surface area contributed by atoms with Crippen LogP contribution in [0.5, 0.6) is 0 Å². The van der Waals surface area contributed by atoms with Crippen molar-refractivity contribution >= 4 is 5.95 Å². The number of nitrogen functional groups attached to an aromatic ring is 1. The van der Waals surface area contributed by atoms with Crippen LogP contribution in [-0.4, -0.2) is 9.97 Å². The quantitative estimate of drug-likeness (QED) is 0.669. The van der Waals surface area contributed by atoms with Crippen molar-refractivity contribution in [1.29, 1.82) is 0 Å². The molecule has 1 aliphatic rings. The minimum atomic E-state index is 0.551. The Bertz CT molecular complexity index is 248. The van der Waals surface area contributed by atoms with Gasteiger partial charge >= 0.3 is 0 Å². The summed E-state index contributed by atoms with van der Waals surface area (Å²) in [6.07, 6.45) is 8.56. The normalized spacial score (nSPS) is 19.7. The Balaban J connectivity index is 2.08. The number of anilines is 1. The molecule has 0 amide bonds. The number of imidazole rings is 1. The van der Waals surface area contributed by atoms with E-state index in [1.165, 1.54) is 37.8 Å². The van der Waals surface area contributed by atoms with Crippen LogP contribution in [-0.2, 0) is 0 Å². The lowest BCUT2D eigenvalue weighted by Crippen LogP contribution is -2.04. The molecule has 0 atom stereocenters. The molecular formula is C9H15N3. The fraction of sp³-hybridized carbons (Fsp3) is 0.667. The fourth-order valence-corrected chi connectivity index (χ4v) is 1.97. The number of aromatic nitrogens is 2. The van der Waals surface area contributed by atoms with Crippen molar-refractivity contribution in [3.8, 4) is 0 Å². The SMILES string of the molecule is Nc1ncc(C2CCCCC2)[nH]1. The predicted molar refractivity (Wildman–Crippen MR) is 48.8 cm³/mol. The summed E-state index contributed by atoms with van der Waals surface area (Å²) in [6, 6.07) is 0. The maximum atomic E-state index is 5.52. The second-order valence-corrected chi connectivity index (χ2v) is 3.56. The topological polar surface area (TPSA) is 54.7 Å². The number of rotatable bonds is 1. The van der Waals surface area contributed by atoms with Gasteiger partial charge in [0.05, 0.1) is 6.20 Å². The van der Waals surface area contributed by atoms with Crippen LogP contribution in [0.2, 0.25) is 0 Å². The molecule has 1 saturated carbocycles. The number of hydrogen-bond acceptors (Lipinski definition) is 2. The molecule has 3 N–H and O–H groups in total. The number of H-pyrrole nitrogens is 1. The highest BCUT2D eigenvalue weighted by atomic mass is 15.0. The molecule has 1 fully saturated rings. The van der Waals surface area contributed by atoms with Crippen molar-refractivity contribution < 1.29 is 0 Å². The Hall–Kier alpha value is -0.990. The molecule has 66 valence electrons. The van der Waals surface area contributed by atoms with Crippen LogP contribution in [0.25, 0.3) is 0 Å². The van der Waals surface area contributed by atoms with E-state index in [0.29, 0.717) is 11.9 Å². The lowest BCUT2D eigenvalue weighted by Gasteiger charge is -2.19. The van der Waals surface area contributed by atoms with Crippen LogP contribution in [0.3, 0.4) is 0 Å². The van der Waals surface area contributed by atoms with Crippen molar-refractivity contribution in [2.45, 2.75) is 38.0 Å². The zero-order valence-corrected chi connectivity index (χ0v) is 7.21. The first-order chi connectivity index (χ1) is 5.86. The van der Waals surface area contributed by atoms with Crippen molar-refractivity contribution in [2.75, 3.05) is 5.73 Å². The van der Waals surface area contributed by atoms with E-state index in [1.54, 1.807) is 0 Å². The molecular weight excluding hydrogens is 150 g/mol. The molecule has 0 saturated heterocycles. The van der Waals surface area contributed by atoms with Gasteiger partial charge in [0.15, 0.2) is 5.95 Å². The van der Waals surface area contributed by atoms with E-state index in [0.717, 1.165) is 0 Å². The van der Waals surface area contributed by atoms with Crippen molar-refractivity contribution in [3.05, 3.63) is 11.9 Å². The van der Waals surface area contributed by atoms with Gasteiger partial charge in [-0.25, -0.2) is 4.98 Å². The predicted octanol–water partition coefficient (Wildman–Crippen LogP) is 2.04. The Morgan fingerprint density at radius 2 is 2.08 bits per heavy atom. The molecule has 3 nitrogen and oxygen atoms in total. The van der Waals surface area contributed by atoms with E-state index < -0.39 is 0 Å². The summed E-state index contributed by atoms with van der Waals surface area (Å²) in [6.45, 7) is 0. The number of nitrogens with one attached hydrogen (secondary N) is 1. The van der Waals surface area contributed by atoms with Gasteiger partial charge in [-0.3, -0.25) is 0 Å². The first-order valence-corrected chi connectivity index (χ1v) is 4.66. The molecule has 1 heterocycles. The second-order valence-electron chi connectivity index (χ2n) is 3.56. The second kappa shape index (κ2) is 3.17. The summed E-state index contributed by atoms with van der Waals surface area (Å²) in [4.78, 5) is 7.13. The molecule has 0 aliphatic heterocycles. The Morgan fingerprint density at radius 1 is 1.33 bits per heavy atom. The van der Waals surface area contributed by atoms with Gasteiger partial charge in [-0.1, -0.05) is 19.3 Å². The van der Waals surface area contributed by atoms with E-state index in [9.17, 15) is 0 Å². The minimum Gasteiger partial charge on any atom is -0.369 e. The molecule has 0 bridgehead atoms. The van der Waals surface area contributed by atoms with Gasteiger partial charge in [0.2, 0.25) is 0 Å². The van der Waals surface area contributed by atoms with Gasteiger partial charge in [-0.2, -0.15) is 0 Å². The van der Waals surface area contributed by atoms with Gasteiger partial charge in [-0.05, 0) is 12.8 Å². The van der Waals surface area contributed by atoms with E-state index in [2.05, 4.69) is 9.97 Å². The van der Waals surface area contributed by atoms with E-state index in [1.807, 2.05) is 6.20 Å². The van der Waals surface area contributed by atoms with Gasteiger partial charge in [0, 0.05) is 11.6 Å². The lowest BCUT2D eigenvalue weighted by atomic mass is 9.87. The van der Waals surface area contributed by atoms with Crippen molar-refractivity contribution in [2.24, 2.45) is 0 Å². The van der Waals surface area contributed by atoms with Gasteiger partial charge < -0.3 is 10.7 Å². The third kappa shape index (κ3) is 1.44. The highest BCUT2D eigenvalue weighted by Crippen LogP contribution is 2.31. The van der Waals surface area contributed by atoms with Crippen LogP contribution in [0.4, 0.5) is 5.95 Å². The third-order valence-corrected chi connectivity index (χ3v) is 2.66. The van der Waals surface area contributed by atoms with E-state index >= 15 is 0 Å². The Morgan fingerprint density at radius 3 is 2.67 bits per heavy atom. The number of hydrogen-bond donors (Lipinski definition) is 2. The zero-order valence-electron chi connectivity index (χ0n) is 7.21. The summed E-state index contributed by atoms with van der Waals surface area (Å²) in [5.41, 5.74) is 6.75. The average Bonchev–Trinajstić information content (AvgIpc) is 2.54. The summed E-state index contributed by atoms with van der Waals surface area (Å²) < 4.78 is 0. The van der Waals surface area contributed by atoms with Crippen LogP contribution in [0, 0.1) is 0 Å². The first-order valence-electron chi connectivity index (χ1n) is 4.66. The average molecular weight is 165 g/mol. The number of nitrogens with zero attached hydrogens (tertiary/aromatic N) is 1. The lowest BCUT2D eigenvalue weighted by molar-refractivity contribution is 0.438. The summed E-state index contributed by atoms with van der Waals surface area (Å²) in [7, 11) is 0. The van der Waals surface area contributed by atoms with Crippen LogP contribution >= 0.6 is 0 Å². The zero-order chi connectivity index (χ0) is 8.39. The minimum absolute atomic E-state index is 0.551. The van der Waals surface area contributed by atoms with Gasteiger partial charge in [0.1, 0.15) is 0 Å². The largest absolute Gasteiger partial charge is 0.369 e. The summed E-state index contributed by atoms with van der Waals surface area (Å²) in [5.74, 6) is 1.24. The Labute approximate surface area is 72.4 Å². The summed E-state index contributed by atoms with van der Waals surface area (Å²) in [5, 5.41) is 0. The monoisotopic (exact) mass is 165 g/mol. The molecule has 0 radical (unpaired) electrons. The fourth-order valence-electron chi connectivity index (χ4n) is 1.97. The standard InChI is InChI=1S/C9H15N3/c10-9-11-6-8(12-9)7-4-2-1-3-5-7/h6-7H,1-5H2,(H3,10,11,12). The highest BCUT2D eigenvalue weighted by Gasteiger charge is 2.16. The molecule has 1 aliphatic carbocycles. The first kappa shape index (κ1) is 7.65. The maximum absolute atomic E-state index is 5.52. The highest BCUT2D eigenvalue weighted by molar-refractivity contribution is 5.20. The van der Waals surface area contributed by atoms with Gasteiger partial charge in [0.25, 0.3) is 0 Å². The van der Waals surface area contributed by atoms with Crippen LogP contribution < -0.4 is 5.73 Å². The number of nitrogens with two attached hydrogens (primary N) is 1. The van der Waals surface area contributed by atoms with Crippen LogP contribution in [0.1, 0.15) is 43.7 Å². The molecule has 3 heteroatoms. The van der Waals surface area contributed by atoms with E-state index in [-0.39, 0.29) is 0 Å².